The van der Waals surface area contributed by atoms with Gasteiger partial charge in [-0.05, 0) is 28.1 Å². The van der Waals surface area contributed by atoms with Crippen LogP contribution in [0.4, 0.5) is 0 Å². The van der Waals surface area contributed by atoms with Crippen LogP contribution in [0.5, 0.6) is 0 Å². The van der Waals surface area contributed by atoms with Crippen LogP contribution in [-0.4, -0.2) is 21.1 Å². The van der Waals surface area contributed by atoms with Crippen LogP contribution in [0.25, 0.3) is 5.65 Å². The van der Waals surface area contributed by atoms with Gasteiger partial charge in [0.05, 0.1) is 0 Å². The van der Waals surface area contributed by atoms with Gasteiger partial charge in [-0.15, -0.1) is 10.2 Å². The number of halogens is 1. The van der Waals surface area contributed by atoms with Crippen LogP contribution in [0.2, 0.25) is 0 Å². The van der Waals surface area contributed by atoms with Crippen molar-refractivity contribution in [1.29, 1.82) is 0 Å². The van der Waals surface area contributed by atoms with E-state index in [-0.39, 0.29) is 5.92 Å². The Morgan fingerprint density at radius 3 is 3.00 bits per heavy atom. The summed E-state index contributed by atoms with van der Waals surface area (Å²) < 4.78 is 2.97. The molecule has 2 heterocycles. The topological polar surface area (TPSA) is 56.2 Å². The van der Waals surface area contributed by atoms with Gasteiger partial charge in [0.1, 0.15) is 5.82 Å². The summed E-state index contributed by atoms with van der Waals surface area (Å²) in [5.41, 5.74) is 6.45. The Balaban J connectivity index is 2.61. The van der Waals surface area contributed by atoms with Crippen molar-refractivity contribution in [3.8, 4) is 0 Å². The quantitative estimate of drug-likeness (QED) is 0.885. The fraction of sp³-hybridized carbons (Fsp3) is 0.333. The molecule has 0 bridgehead atoms. The molecule has 2 aromatic rings. The van der Waals surface area contributed by atoms with Gasteiger partial charge in [0.25, 0.3) is 0 Å². The summed E-state index contributed by atoms with van der Waals surface area (Å²) in [6.07, 6.45) is 1.96. The lowest BCUT2D eigenvalue weighted by Gasteiger charge is -2.05. The third-order valence-corrected chi connectivity index (χ3v) is 2.66. The molecular weight excluding hydrogens is 244 g/mol. The molecular formula is C9H11BrN4. The third-order valence-electron chi connectivity index (χ3n) is 2.19. The van der Waals surface area contributed by atoms with Crippen molar-refractivity contribution in [2.24, 2.45) is 5.73 Å². The fourth-order valence-electron chi connectivity index (χ4n) is 1.32. The molecule has 0 saturated heterocycles. The first-order valence-electron chi connectivity index (χ1n) is 4.42. The SMILES string of the molecule is CC(CN)c1nnc2ccc(Br)cn12. The van der Waals surface area contributed by atoms with Crippen molar-refractivity contribution >= 4 is 21.6 Å². The zero-order valence-corrected chi connectivity index (χ0v) is 9.40. The first-order valence-corrected chi connectivity index (χ1v) is 5.22. The molecule has 2 aromatic heterocycles. The van der Waals surface area contributed by atoms with Gasteiger partial charge in [0, 0.05) is 23.1 Å². The van der Waals surface area contributed by atoms with Crippen LogP contribution in [0, 0.1) is 0 Å². The van der Waals surface area contributed by atoms with Crippen molar-refractivity contribution in [3.05, 3.63) is 28.6 Å². The van der Waals surface area contributed by atoms with Crippen molar-refractivity contribution in [2.45, 2.75) is 12.8 Å². The lowest BCUT2D eigenvalue weighted by molar-refractivity contribution is 0.700. The highest BCUT2D eigenvalue weighted by atomic mass is 79.9. The lowest BCUT2D eigenvalue weighted by Crippen LogP contribution is -2.12. The monoisotopic (exact) mass is 254 g/mol. The molecule has 0 aliphatic heterocycles. The summed E-state index contributed by atoms with van der Waals surface area (Å²) in [5.74, 6) is 1.13. The van der Waals surface area contributed by atoms with Gasteiger partial charge in [0.2, 0.25) is 0 Å². The van der Waals surface area contributed by atoms with Gasteiger partial charge in [-0.25, -0.2) is 0 Å². The zero-order valence-electron chi connectivity index (χ0n) is 7.81. The molecule has 0 amide bonds. The Morgan fingerprint density at radius 1 is 1.50 bits per heavy atom. The Bertz CT molecular complexity index is 451. The second-order valence-electron chi connectivity index (χ2n) is 3.27. The predicted molar refractivity (Wildman–Crippen MR) is 58.2 cm³/mol. The Hall–Kier alpha value is -0.940. The normalized spacial score (nSPS) is 13.4. The second-order valence-corrected chi connectivity index (χ2v) is 4.19. The second kappa shape index (κ2) is 3.67. The van der Waals surface area contributed by atoms with E-state index in [0.717, 1.165) is 15.9 Å². The largest absolute Gasteiger partial charge is 0.330 e. The number of fused-ring (bicyclic) bond motifs is 1. The van der Waals surface area contributed by atoms with Crippen LogP contribution >= 0.6 is 15.9 Å². The number of aromatic nitrogens is 3. The predicted octanol–water partition coefficient (Wildman–Crippen LogP) is 1.55. The highest BCUT2D eigenvalue weighted by molar-refractivity contribution is 9.10. The van der Waals surface area contributed by atoms with Crippen molar-refractivity contribution < 1.29 is 0 Å². The van der Waals surface area contributed by atoms with E-state index in [0.29, 0.717) is 6.54 Å². The van der Waals surface area contributed by atoms with Crippen molar-refractivity contribution in [2.75, 3.05) is 6.54 Å². The maximum atomic E-state index is 5.60. The van der Waals surface area contributed by atoms with Gasteiger partial charge < -0.3 is 5.73 Å². The minimum atomic E-state index is 0.222. The van der Waals surface area contributed by atoms with Gasteiger partial charge in [0.15, 0.2) is 5.65 Å². The first kappa shape index (κ1) is 9.61. The number of pyridine rings is 1. The molecule has 0 aliphatic carbocycles. The molecule has 1 atom stereocenters. The number of rotatable bonds is 2. The van der Waals surface area contributed by atoms with E-state index in [9.17, 15) is 0 Å². The van der Waals surface area contributed by atoms with E-state index in [1.165, 1.54) is 0 Å². The summed E-state index contributed by atoms with van der Waals surface area (Å²) in [4.78, 5) is 0. The van der Waals surface area contributed by atoms with Crippen LogP contribution < -0.4 is 5.73 Å². The van der Waals surface area contributed by atoms with Crippen LogP contribution in [0.3, 0.4) is 0 Å². The minimum Gasteiger partial charge on any atom is -0.330 e. The molecule has 14 heavy (non-hydrogen) atoms. The molecule has 4 nitrogen and oxygen atoms in total. The Kier molecular flexibility index (Phi) is 2.52. The number of hydrogen-bond acceptors (Lipinski definition) is 3. The molecule has 2 N–H and O–H groups in total. The number of nitrogens with zero attached hydrogens (tertiary/aromatic N) is 3. The number of nitrogens with two attached hydrogens (primary N) is 1. The van der Waals surface area contributed by atoms with Gasteiger partial charge >= 0.3 is 0 Å². The van der Waals surface area contributed by atoms with E-state index < -0.39 is 0 Å². The highest BCUT2D eigenvalue weighted by Gasteiger charge is 2.11. The van der Waals surface area contributed by atoms with Crippen LogP contribution in [-0.2, 0) is 0 Å². The van der Waals surface area contributed by atoms with Crippen LogP contribution in [0.1, 0.15) is 18.7 Å². The first-order chi connectivity index (χ1) is 6.72. The Labute approximate surface area is 90.3 Å². The lowest BCUT2D eigenvalue weighted by atomic mass is 10.2. The molecule has 74 valence electrons. The Morgan fingerprint density at radius 2 is 2.29 bits per heavy atom. The molecule has 0 spiro atoms. The molecule has 1 unspecified atom stereocenters. The molecule has 2 rings (SSSR count). The van der Waals surface area contributed by atoms with E-state index in [1.54, 1.807) is 0 Å². The summed E-state index contributed by atoms with van der Waals surface area (Å²) >= 11 is 3.41. The standard InChI is InChI=1S/C9H11BrN4/c1-6(4-11)9-13-12-8-3-2-7(10)5-14(8)9/h2-3,5-6H,4,11H2,1H3. The summed E-state index contributed by atoms with van der Waals surface area (Å²) in [6, 6.07) is 3.87. The average molecular weight is 255 g/mol. The van der Waals surface area contributed by atoms with E-state index >= 15 is 0 Å². The minimum absolute atomic E-state index is 0.222. The van der Waals surface area contributed by atoms with Gasteiger partial charge in [-0.3, -0.25) is 4.40 Å². The zero-order chi connectivity index (χ0) is 10.1. The van der Waals surface area contributed by atoms with E-state index in [4.69, 9.17) is 5.73 Å². The van der Waals surface area contributed by atoms with Gasteiger partial charge in [-0.2, -0.15) is 0 Å². The molecule has 5 heteroatoms. The average Bonchev–Trinajstić information content (AvgIpc) is 2.59. The van der Waals surface area contributed by atoms with Crippen molar-refractivity contribution in [3.63, 3.8) is 0 Å². The van der Waals surface area contributed by atoms with E-state index in [2.05, 4.69) is 26.1 Å². The molecule has 0 aromatic carbocycles. The fourth-order valence-corrected chi connectivity index (χ4v) is 1.66. The third kappa shape index (κ3) is 1.53. The summed E-state index contributed by atoms with van der Waals surface area (Å²) in [5, 5.41) is 8.18. The summed E-state index contributed by atoms with van der Waals surface area (Å²) in [6.45, 7) is 2.62. The molecule has 0 fully saturated rings. The van der Waals surface area contributed by atoms with Gasteiger partial charge in [-0.1, -0.05) is 6.92 Å². The van der Waals surface area contributed by atoms with Crippen molar-refractivity contribution in [1.82, 2.24) is 14.6 Å². The number of hydrogen-bond donors (Lipinski definition) is 1. The van der Waals surface area contributed by atoms with Crippen LogP contribution in [0.15, 0.2) is 22.8 Å². The van der Waals surface area contributed by atoms with E-state index in [1.807, 2.05) is 29.7 Å². The highest BCUT2D eigenvalue weighted by Crippen LogP contribution is 2.16. The smallest absolute Gasteiger partial charge is 0.160 e. The summed E-state index contributed by atoms with van der Waals surface area (Å²) in [7, 11) is 0. The molecule has 0 saturated carbocycles. The molecule has 0 radical (unpaired) electrons. The maximum Gasteiger partial charge on any atom is 0.160 e. The molecule has 0 aliphatic rings. The maximum absolute atomic E-state index is 5.60.